The van der Waals surface area contributed by atoms with Gasteiger partial charge in [-0.3, -0.25) is 10.2 Å². The average Bonchev–Trinajstić information content (AvgIpc) is 2.08. The molecule has 1 aromatic rings. The minimum absolute atomic E-state index is 0.116. The van der Waals surface area contributed by atoms with E-state index in [1.165, 1.54) is 6.07 Å². The van der Waals surface area contributed by atoms with Gasteiger partial charge in [0.2, 0.25) is 0 Å². The van der Waals surface area contributed by atoms with Crippen LogP contribution in [0, 0.1) is 0 Å². The predicted octanol–water partition coefficient (Wildman–Crippen LogP) is 0.284. The van der Waals surface area contributed by atoms with Gasteiger partial charge in [-0.15, -0.1) is 12.6 Å². The van der Waals surface area contributed by atoms with E-state index in [0.717, 1.165) is 0 Å². The van der Waals surface area contributed by atoms with Crippen LogP contribution in [0.25, 0.3) is 0 Å². The zero-order valence-corrected chi connectivity index (χ0v) is 7.01. The number of hydrazine groups is 1. The number of phenolic OH excluding ortho intramolecular Hbond substituents is 1. The number of aromatic hydroxyl groups is 1. The van der Waals surface area contributed by atoms with Crippen LogP contribution >= 0.6 is 12.6 Å². The van der Waals surface area contributed by atoms with Crippen molar-refractivity contribution in [2.45, 2.75) is 4.90 Å². The zero-order valence-electron chi connectivity index (χ0n) is 6.11. The van der Waals surface area contributed by atoms with E-state index in [2.05, 4.69) is 12.6 Å². The van der Waals surface area contributed by atoms with Crippen molar-refractivity contribution in [2.24, 2.45) is 5.84 Å². The first kappa shape index (κ1) is 8.89. The van der Waals surface area contributed by atoms with E-state index >= 15 is 0 Å². The molecule has 1 amide bonds. The average molecular weight is 184 g/mol. The molecule has 0 atom stereocenters. The maximum absolute atomic E-state index is 11.0. The predicted molar refractivity (Wildman–Crippen MR) is 47.0 cm³/mol. The van der Waals surface area contributed by atoms with Gasteiger partial charge in [0.15, 0.2) is 0 Å². The third-order valence-corrected chi connectivity index (χ3v) is 1.75. The number of rotatable bonds is 1. The molecule has 0 saturated heterocycles. The van der Waals surface area contributed by atoms with Crippen LogP contribution in [-0.4, -0.2) is 11.0 Å². The van der Waals surface area contributed by atoms with Crippen LogP contribution in [0.4, 0.5) is 0 Å². The Labute approximate surface area is 74.8 Å². The summed E-state index contributed by atoms with van der Waals surface area (Å²) in [5.41, 5.74) is 2.03. The second kappa shape index (κ2) is 3.46. The summed E-state index contributed by atoms with van der Waals surface area (Å²) in [6.07, 6.45) is 0. The van der Waals surface area contributed by atoms with E-state index in [1.807, 2.05) is 5.43 Å². The summed E-state index contributed by atoms with van der Waals surface area (Å²) in [5.74, 6) is 4.19. The fourth-order valence-corrected chi connectivity index (χ4v) is 0.999. The summed E-state index contributed by atoms with van der Waals surface area (Å²) in [7, 11) is 0. The number of carbonyl (C=O) groups excluding carboxylic acids is 1. The van der Waals surface area contributed by atoms with E-state index in [-0.39, 0.29) is 11.3 Å². The van der Waals surface area contributed by atoms with Crippen LogP contribution in [0.15, 0.2) is 23.1 Å². The minimum atomic E-state index is -0.539. The molecule has 12 heavy (non-hydrogen) atoms. The summed E-state index contributed by atoms with van der Waals surface area (Å²) >= 11 is 3.93. The number of para-hydroxylation sites is 1. The van der Waals surface area contributed by atoms with Crippen LogP contribution in [0.5, 0.6) is 5.75 Å². The third kappa shape index (κ3) is 1.51. The number of benzene rings is 1. The highest BCUT2D eigenvalue weighted by atomic mass is 32.1. The molecule has 0 bridgehead atoms. The van der Waals surface area contributed by atoms with Crippen molar-refractivity contribution in [1.29, 1.82) is 0 Å². The van der Waals surface area contributed by atoms with E-state index < -0.39 is 5.91 Å². The van der Waals surface area contributed by atoms with E-state index in [1.54, 1.807) is 12.1 Å². The number of hydrogen-bond acceptors (Lipinski definition) is 4. The molecule has 0 fully saturated rings. The van der Waals surface area contributed by atoms with Gasteiger partial charge in [0.25, 0.3) is 5.91 Å². The van der Waals surface area contributed by atoms with Crippen LogP contribution in [0.1, 0.15) is 10.4 Å². The number of nitrogens with two attached hydrogens (primary N) is 1. The molecule has 0 heterocycles. The number of amides is 1. The lowest BCUT2D eigenvalue weighted by atomic mass is 10.2. The molecule has 1 rings (SSSR count). The molecule has 0 aliphatic heterocycles. The van der Waals surface area contributed by atoms with Crippen molar-refractivity contribution in [3.8, 4) is 5.75 Å². The second-order valence-electron chi connectivity index (χ2n) is 2.15. The highest BCUT2D eigenvalue weighted by molar-refractivity contribution is 7.80. The Morgan fingerprint density at radius 1 is 1.58 bits per heavy atom. The molecular formula is C7H8N2O2S. The molecule has 0 radical (unpaired) electrons. The quantitative estimate of drug-likeness (QED) is 0.219. The van der Waals surface area contributed by atoms with Crippen molar-refractivity contribution in [3.63, 3.8) is 0 Å². The first-order chi connectivity index (χ1) is 5.66. The lowest BCUT2D eigenvalue weighted by Crippen LogP contribution is -2.30. The van der Waals surface area contributed by atoms with Gasteiger partial charge in [-0.25, -0.2) is 5.84 Å². The van der Waals surface area contributed by atoms with Crippen molar-refractivity contribution in [3.05, 3.63) is 23.8 Å². The Morgan fingerprint density at radius 3 is 2.83 bits per heavy atom. The Kier molecular flexibility index (Phi) is 2.57. The number of carbonyl (C=O) groups is 1. The largest absolute Gasteiger partial charge is 0.506 e. The molecular weight excluding hydrogens is 176 g/mol. The van der Waals surface area contributed by atoms with Gasteiger partial charge in [0.05, 0.1) is 5.56 Å². The topological polar surface area (TPSA) is 75.3 Å². The van der Waals surface area contributed by atoms with E-state index in [9.17, 15) is 9.90 Å². The van der Waals surface area contributed by atoms with Crippen LogP contribution < -0.4 is 11.3 Å². The number of phenols is 1. The van der Waals surface area contributed by atoms with Gasteiger partial charge in [-0.05, 0) is 12.1 Å². The van der Waals surface area contributed by atoms with Crippen molar-refractivity contribution >= 4 is 18.5 Å². The fraction of sp³-hybridized carbons (Fsp3) is 0. The Hall–Kier alpha value is -1.20. The van der Waals surface area contributed by atoms with Gasteiger partial charge in [-0.2, -0.15) is 0 Å². The van der Waals surface area contributed by atoms with Crippen molar-refractivity contribution < 1.29 is 9.90 Å². The first-order valence-electron chi connectivity index (χ1n) is 3.18. The van der Waals surface area contributed by atoms with Gasteiger partial charge < -0.3 is 5.11 Å². The van der Waals surface area contributed by atoms with Gasteiger partial charge in [0.1, 0.15) is 5.75 Å². The standard InChI is InChI=1S/C7H8N2O2S/c8-9-7(11)4-2-1-3-5(12)6(4)10/h1-3,10,12H,8H2,(H,9,11). The van der Waals surface area contributed by atoms with Crippen LogP contribution in [0.2, 0.25) is 0 Å². The number of thiol groups is 1. The molecule has 0 saturated carbocycles. The molecule has 0 spiro atoms. The molecule has 64 valence electrons. The fourth-order valence-electron chi connectivity index (χ4n) is 0.792. The number of hydrogen-bond donors (Lipinski definition) is 4. The highest BCUT2D eigenvalue weighted by Gasteiger charge is 2.10. The molecule has 0 aromatic heterocycles. The number of nitrogen functional groups attached to an aromatic ring is 1. The monoisotopic (exact) mass is 184 g/mol. The van der Waals surface area contributed by atoms with Crippen molar-refractivity contribution in [1.82, 2.24) is 5.43 Å². The lowest BCUT2D eigenvalue weighted by Gasteiger charge is -2.03. The molecule has 0 aliphatic carbocycles. The first-order valence-corrected chi connectivity index (χ1v) is 3.63. The van der Waals surface area contributed by atoms with Gasteiger partial charge >= 0.3 is 0 Å². The number of nitrogens with one attached hydrogen (secondary N) is 1. The normalized spacial score (nSPS) is 9.50. The smallest absolute Gasteiger partial charge is 0.268 e. The molecule has 4 nitrogen and oxygen atoms in total. The minimum Gasteiger partial charge on any atom is -0.506 e. The van der Waals surface area contributed by atoms with Gasteiger partial charge in [-0.1, -0.05) is 6.07 Å². The SMILES string of the molecule is NNC(=O)c1cccc(S)c1O. The Morgan fingerprint density at radius 2 is 2.25 bits per heavy atom. The summed E-state index contributed by atoms with van der Waals surface area (Å²) in [5, 5.41) is 9.31. The lowest BCUT2D eigenvalue weighted by molar-refractivity contribution is 0.0950. The summed E-state index contributed by atoms with van der Waals surface area (Å²) in [4.78, 5) is 11.3. The molecule has 1 aromatic carbocycles. The van der Waals surface area contributed by atoms with Crippen molar-refractivity contribution in [2.75, 3.05) is 0 Å². The second-order valence-corrected chi connectivity index (χ2v) is 2.63. The summed E-state index contributed by atoms with van der Waals surface area (Å²) < 4.78 is 0. The highest BCUT2D eigenvalue weighted by Crippen LogP contribution is 2.24. The summed E-state index contributed by atoms with van der Waals surface area (Å²) in [6.45, 7) is 0. The maximum atomic E-state index is 11.0. The molecule has 0 aliphatic rings. The third-order valence-electron chi connectivity index (χ3n) is 1.39. The van der Waals surface area contributed by atoms with E-state index in [4.69, 9.17) is 5.84 Å². The summed E-state index contributed by atoms with van der Waals surface area (Å²) in [6, 6.07) is 4.63. The maximum Gasteiger partial charge on any atom is 0.268 e. The van der Waals surface area contributed by atoms with Crippen LogP contribution in [0.3, 0.4) is 0 Å². The molecule has 0 unspecified atom stereocenters. The molecule has 4 N–H and O–H groups in total. The Balaban J connectivity index is 3.16. The zero-order chi connectivity index (χ0) is 9.14. The van der Waals surface area contributed by atoms with Crippen LogP contribution in [-0.2, 0) is 0 Å². The van der Waals surface area contributed by atoms with E-state index in [0.29, 0.717) is 4.90 Å². The van der Waals surface area contributed by atoms with Gasteiger partial charge in [0, 0.05) is 4.90 Å². The molecule has 5 heteroatoms. The Bertz CT molecular complexity index is 314.